The highest BCUT2D eigenvalue weighted by molar-refractivity contribution is 14.1. The molecular weight excluding hydrogens is 295 g/mol. The Morgan fingerprint density at radius 2 is 2.23 bits per heavy atom. The van der Waals surface area contributed by atoms with Crippen LogP contribution in [-0.4, -0.2) is 10.1 Å². The van der Waals surface area contributed by atoms with Gasteiger partial charge < -0.3 is 10.1 Å². The van der Waals surface area contributed by atoms with Crippen molar-refractivity contribution in [2.75, 3.05) is 0 Å². The van der Waals surface area contributed by atoms with E-state index in [1.165, 1.54) is 0 Å². The van der Waals surface area contributed by atoms with E-state index < -0.39 is 17.5 Å². The second-order valence-electron chi connectivity index (χ2n) is 2.34. The maximum Gasteiger partial charge on any atom is 0.269 e. The van der Waals surface area contributed by atoms with Crippen molar-refractivity contribution in [3.8, 4) is 0 Å². The minimum atomic E-state index is -2.79. The fourth-order valence-electron chi connectivity index (χ4n) is 0.835. The van der Waals surface area contributed by atoms with Crippen molar-refractivity contribution in [3.63, 3.8) is 0 Å². The average Bonchev–Trinajstić information content (AvgIpc) is 2.07. The van der Waals surface area contributed by atoms with Gasteiger partial charge in [-0.3, -0.25) is 4.79 Å². The molecule has 0 aliphatic heterocycles. The third-order valence-electron chi connectivity index (χ3n) is 1.49. The zero-order chi connectivity index (χ0) is 10.0. The predicted octanol–water partition coefficient (Wildman–Crippen LogP) is 1.41. The van der Waals surface area contributed by atoms with Crippen LogP contribution in [0.5, 0.6) is 0 Å². The fraction of sp³-hybridized carbons (Fsp3) is 0.286. The molecule has 0 radical (unpaired) electrons. The van der Waals surface area contributed by atoms with Crippen molar-refractivity contribution in [1.29, 1.82) is 0 Å². The van der Waals surface area contributed by atoms with Crippen LogP contribution >= 0.6 is 22.6 Å². The van der Waals surface area contributed by atoms with Gasteiger partial charge in [0.15, 0.2) is 0 Å². The lowest BCUT2D eigenvalue weighted by Gasteiger charge is -2.03. The van der Waals surface area contributed by atoms with Gasteiger partial charge in [-0.2, -0.15) is 0 Å². The lowest BCUT2D eigenvalue weighted by Crippen LogP contribution is -2.16. The minimum absolute atomic E-state index is 0.259. The van der Waals surface area contributed by atoms with E-state index >= 15 is 0 Å². The van der Waals surface area contributed by atoms with Gasteiger partial charge in [-0.05, 0) is 28.7 Å². The van der Waals surface area contributed by atoms with E-state index in [9.17, 15) is 13.6 Å². The number of hydrogen-bond donors (Lipinski definition) is 2. The first-order chi connectivity index (χ1) is 6.06. The Kier molecular flexibility index (Phi) is 3.37. The molecule has 1 heterocycles. The predicted molar refractivity (Wildman–Crippen MR) is 50.7 cm³/mol. The molecule has 0 aliphatic rings. The fourth-order valence-corrected chi connectivity index (χ4v) is 1.48. The van der Waals surface area contributed by atoms with E-state index in [1.54, 1.807) is 22.6 Å². The Bertz CT molecular complexity index is 364. The lowest BCUT2D eigenvalue weighted by atomic mass is 10.2. The molecule has 0 bridgehead atoms. The molecule has 2 N–H and O–H groups in total. The largest absolute Gasteiger partial charge is 0.390 e. The molecule has 0 fully saturated rings. The van der Waals surface area contributed by atoms with E-state index in [1.807, 2.05) is 0 Å². The van der Waals surface area contributed by atoms with Crippen molar-refractivity contribution in [2.45, 2.75) is 13.0 Å². The Morgan fingerprint density at radius 3 is 2.69 bits per heavy atom. The van der Waals surface area contributed by atoms with Crippen molar-refractivity contribution < 1.29 is 13.9 Å². The van der Waals surface area contributed by atoms with E-state index in [-0.39, 0.29) is 12.3 Å². The SMILES string of the molecule is O=c1[nH]c(CO)c(I)cc1C(F)F. The summed E-state index contributed by atoms with van der Waals surface area (Å²) in [5, 5.41) is 8.71. The normalized spacial score (nSPS) is 10.8. The molecule has 13 heavy (non-hydrogen) atoms. The van der Waals surface area contributed by atoms with Gasteiger partial charge >= 0.3 is 0 Å². The maximum absolute atomic E-state index is 12.2. The van der Waals surface area contributed by atoms with Crippen LogP contribution in [0.4, 0.5) is 8.78 Å². The van der Waals surface area contributed by atoms with E-state index in [4.69, 9.17) is 5.11 Å². The summed E-state index contributed by atoms with van der Waals surface area (Å²) in [6.07, 6.45) is -2.79. The van der Waals surface area contributed by atoms with Gasteiger partial charge in [0.2, 0.25) is 0 Å². The molecule has 0 atom stereocenters. The van der Waals surface area contributed by atoms with Crippen molar-refractivity contribution in [1.82, 2.24) is 4.98 Å². The number of aromatic amines is 1. The Balaban J connectivity index is 3.29. The van der Waals surface area contributed by atoms with Crippen molar-refractivity contribution in [2.24, 2.45) is 0 Å². The number of aliphatic hydroxyl groups excluding tert-OH is 1. The minimum Gasteiger partial charge on any atom is -0.390 e. The number of alkyl halides is 2. The quantitative estimate of drug-likeness (QED) is 0.812. The molecule has 0 amide bonds. The topological polar surface area (TPSA) is 53.1 Å². The monoisotopic (exact) mass is 301 g/mol. The van der Waals surface area contributed by atoms with Crippen molar-refractivity contribution in [3.05, 3.63) is 31.2 Å². The lowest BCUT2D eigenvalue weighted by molar-refractivity contribution is 0.149. The average molecular weight is 301 g/mol. The Labute approximate surface area is 85.9 Å². The first kappa shape index (κ1) is 10.6. The Morgan fingerprint density at radius 1 is 1.62 bits per heavy atom. The summed E-state index contributed by atoms with van der Waals surface area (Å²) in [5.74, 6) is 0. The summed E-state index contributed by atoms with van der Waals surface area (Å²) in [6, 6.07) is 1.08. The summed E-state index contributed by atoms with van der Waals surface area (Å²) >= 11 is 1.77. The van der Waals surface area contributed by atoms with Gasteiger partial charge in [0, 0.05) is 3.57 Å². The number of nitrogens with one attached hydrogen (secondary N) is 1. The molecule has 0 aliphatic carbocycles. The third kappa shape index (κ3) is 2.25. The maximum atomic E-state index is 12.2. The molecule has 1 aromatic heterocycles. The summed E-state index contributed by atoms with van der Waals surface area (Å²) in [4.78, 5) is 13.1. The summed E-state index contributed by atoms with van der Waals surface area (Å²) in [7, 11) is 0. The Hall–Kier alpha value is -0.500. The number of aromatic nitrogens is 1. The van der Waals surface area contributed by atoms with Crippen LogP contribution in [-0.2, 0) is 6.61 Å². The molecule has 1 aromatic rings. The number of rotatable bonds is 2. The first-order valence-corrected chi connectivity index (χ1v) is 4.44. The summed E-state index contributed by atoms with van der Waals surface area (Å²) in [5.41, 5.74) is -1.16. The number of H-pyrrole nitrogens is 1. The van der Waals surface area contributed by atoms with Crippen LogP contribution in [0.15, 0.2) is 10.9 Å². The van der Waals surface area contributed by atoms with Crippen LogP contribution in [0.25, 0.3) is 0 Å². The number of hydrogen-bond acceptors (Lipinski definition) is 2. The summed E-state index contributed by atoms with van der Waals surface area (Å²) < 4.78 is 24.7. The van der Waals surface area contributed by atoms with E-state index in [2.05, 4.69) is 4.98 Å². The smallest absolute Gasteiger partial charge is 0.269 e. The van der Waals surface area contributed by atoms with Gasteiger partial charge in [0.25, 0.3) is 12.0 Å². The van der Waals surface area contributed by atoms with Crippen LogP contribution in [0.2, 0.25) is 0 Å². The van der Waals surface area contributed by atoms with Gasteiger partial charge in [-0.15, -0.1) is 0 Å². The molecule has 0 unspecified atom stereocenters. The highest BCUT2D eigenvalue weighted by Gasteiger charge is 2.14. The van der Waals surface area contributed by atoms with Gasteiger partial charge in [0.1, 0.15) is 0 Å². The second kappa shape index (κ2) is 4.14. The molecule has 1 rings (SSSR count). The van der Waals surface area contributed by atoms with Crippen LogP contribution in [0, 0.1) is 3.57 Å². The highest BCUT2D eigenvalue weighted by Crippen LogP contribution is 2.17. The number of halogens is 3. The first-order valence-electron chi connectivity index (χ1n) is 3.37. The molecule has 0 saturated carbocycles. The van der Waals surface area contributed by atoms with Crippen LogP contribution in [0.1, 0.15) is 17.7 Å². The zero-order valence-corrected chi connectivity index (χ0v) is 8.51. The van der Waals surface area contributed by atoms with E-state index in [0.717, 1.165) is 6.07 Å². The van der Waals surface area contributed by atoms with Crippen molar-refractivity contribution >= 4 is 22.6 Å². The molecule has 0 spiro atoms. The molecule has 0 aromatic carbocycles. The van der Waals surface area contributed by atoms with E-state index in [0.29, 0.717) is 3.57 Å². The van der Waals surface area contributed by atoms with Gasteiger partial charge in [0.05, 0.1) is 17.9 Å². The number of pyridine rings is 1. The molecule has 6 heteroatoms. The van der Waals surface area contributed by atoms with Gasteiger partial charge in [-0.25, -0.2) is 8.78 Å². The van der Waals surface area contributed by atoms with Crippen LogP contribution < -0.4 is 5.56 Å². The summed E-state index contributed by atoms with van der Waals surface area (Å²) in [6.45, 7) is -0.364. The third-order valence-corrected chi connectivity index (χ3v) is 2.45. The molecule has 3 nitrogen and oxygen atoms in total. The molecule has 72 valence electrons. The number of aliphatic hydroxyl groups is 1. The standard InChI is InChI=1S/C7H6F2INO2/c8-6(9)3-1-4(10)5(2-12)11-7(3)13/h1,6,12H,2H2,(H,11,13). The second-order valence-corrected chi connectivity index (χ2v) is 3.50. The molecule has 0 saturated heterocycles. The zero-order valence-electron chi connectivity index (χ0n) is 6.35. The highest BCUT2D eigenvalue weighted by atomic mass is 127. The molecular formula is C7H6F2INO2. The van der Waals surface area contributed by atoms with Crippen LogP contribution in [0.3, 0.4) is 0 Å². The van der Waals surface area contributed by atoms with Gasteiger partial charge in [-0.1, -0.05) is 0 Å².